The third-order valence-electron chi connectivity index (χ3n) is 4.68. The van der Waals surface area contributed by atoms with E-state index in [1.54, 1.807) is 66.9 Å². The van der Waals surface area contributed by atoms with Crippen LogP contribution in [0.1, 0.15) is 46.7 Å². The highest BCUT2D eigenvalue weighted by Crippen LogP contribution is 2.17. The molecular weight excluding hydrogens is 426 g/mol. The molecule has 0 spiro atoms. The van der Waals surface area contributed by atoms with E-state index in [1.807, 2.05) is 13.8 Å². The minimum Gasteiger partial charge on any atom is -0.491 e. The van der Waals surface area contributed by atoms with Gasteiger partial charge < -0.3 is 19.8 Å². The van der Waals surface area contributed by atoms with Crippen molar-refractivity contribution >= 4 is 34.8 Å². The number of carbonyl (C=O) groups is 2. The lowest BCUT2D eigenvalue weighted by atomic mass is 10.1. The Morgan fingerprint density at radius 1 is 1.03 bits per heavy atom. The third-order valence-corrected chi connectivity index (χ3v) is 4.88. The number of rotatable bonds is 8. The second kappa shape index (κ2) is 11.1. The van der Waals surface area contributed by atoms with E-state index in [0.29, 0.717) is 28.3 Å². The van der Waals surface area contributed by atoms with Crippen molar-refractivity contribution in [2.45, 2.75) is 32.9 Å². The smallest absolute Gasteiger partial charge is 0.257 e. The predicted molar refractivity (Wildman–Crippen MR) is 127 cm³/mol. The number of hydrogen-bond donors (Lipinski definition) is 3. The van der Waals surface area contributed by atoms with Crippen LogP contribution in [0.2, 0.25) is 0 Å². The molecule has 8 heteroatoms. The van der Waals surface area contributed by atoms with Gasteiger partial charge in [0.05, 0.1) is 30.2 Å². The van der Waals surface area contributed by atoms with Crippen molar-refractivity contribution < 1.29 is 18.7 Å². The number of amides is 2. The molecule has 3 aromatic rings. The van der Waals surface area contributed by atoms with E-state index < -0.39 is 0 Å². The Morgan fingerprint density at radius 2 is 1.78 bits per heavy atom. The molecule has 1 heterocycles. The molecule has 32 heavy (non-hydrogen) atoms. The van der Waals surface area contributed by atoms with Crippen LogP contribution in [0, 0.1) is 0 Å². The van der Waals surface area contributed by atoms with E-state index in [0.717, 1.165) is 6.42 Å². The Hall–Kier alpha value is -3.65. The normalized spacial score (nSPS) is 11.3. The highest BCUT2D eigenvalue weighted by atomic mass is 32.1. The molecule has 2 amide bonds. The number of para-hydroxylation sites is 1. The zero-order valence-electron chi connectivity index (χ0n) is 17.9. The van der Waals surface area contributed by atoms with E-state index in [9.17, 15) is 9.59 Å². The van der Waals surface area contributed by atoms with Gasteiger partial charge in [0.2, 0.25) is 0 Å². The summed E-state index contributed by atoms with van der Waals surface area (Å²) in [6, 6.07) is 17.3. The van der Waals surface area contributed by atoms with Crippen LogP contribution in [-0.4, -0.2) is 23.0 Å². The summed E-state index contributed by atoms with van der Waals surface area (Å²) in [5, 5.41) is 8.43. The molecule has 0 radical (unpaired) electrons. The van der Waals surface area contributed by atoms with Crippen LogP contribution >= 0.6 is 12.2 Å². The molecule has 3 N–H and O–H groups in total. The molecule has 0 fully saturated rings. The molecule has 1 aromatic heterocycles. The lowest BCUT2D eigenvalue weighted by Gasteiger charge is -2.14. The van der Waals surface area contributed by atoms with Crippen LogP contribution in [0.25, 0.3) is 0 Å². The molecule has 1 atom stereocenters. The zero-order chi connectivity index (χ0) is 22.9. The number of ether oxygens (including phenoxy) is 1. The highest BCUT2D eigenvalue weighted by Gasteiger charge is 2.14. The second-order valence-corrected chi connectivity index (χ2v) is 7.49. The van der Waals surface area contributed by atoms with Gasteiger partial charge in [0.25, 0.3) is 11.8 Å². The Labute approximate surface area is 192 Å². The van der Waals surface area contributed by atoms with Gasteiger partial charge in [0, 0.05) is 5.56 Å². The molecule has 1 unspecified atom stereocenters. The number of furan rings is 1. The van der Waals surface area contributed by atoms with Gasteiger partial charge in [0.1, 0.15) is 11.5 Å². The van der Waals surface area contributed by atoms with Gasteiger partial charge >= 0.3 is 0 Å². The standard InChI is InChI=1S/C24H25N3O4S/c1-3-16(2)31-18-12-10-17(11-13-18)22(28)27-24(32)26-21-9-5-4-8-20(21)23(29)25-15-19-7-6-14-30-19/h4-14,16H,3,15H2,1-2H3,(H,25,29)(H2,26,27,28,32). The van der Waals surface area contributed by atoms with Gasteiger partial charge in [-0.05, 0) is 74.1 Å². The van der Waals surface area contributed by atoms with Crippen LogP contribution in [0.5, 0.6) is 5.75 Å². The van der Waals surface area contributed by atoms with Crippen LogP contribution in [0.15, 0.2) is 71.3 Å². The minimum absolute atomic E-state index is 0.0845. The Balaban J connectivity index is 1.58. The lowest BCUT2D eigenvalue weighted by molar-refractivity contribution is 0.0947. The Bertz CT molecular complexity index is 1070. The van der Waals surface area contributed by atoms with E-state index in [4.69, 9.17) is 21.4 Å². The van der Waals surface area contributed by atoms with E-state index >= 15 is 0 Å². The average Bonchev–Trinajstić information content (AvgIpc) is 3.32. The average molecular weight is 452 g/mol. The van der Waals surface area contributed by atoms with Crippen molar-refractivity contribution in [3.8, 4) is 5.75 Å². The second-order valence-electron chi connectivity index (χ2n) is 7.08. The van der Waals surface area contributed by atoms with E-state index in [-0.39, 0.29) is 29.6 Å². The largest absolute Gasteiger partial charge is 0.491 e. The lowest BCUT2D eigenvalue weighted by Crippen LogP contribution is -2.35. The molecule has 3 rings (SSSR count). The van der Waals surface area contributed by atoms with Crippen LogP contribution in [0.3, 0.4) is 0 Å². The first-order valence-electron chi connectivity index (χ1n) is 10.2. The predicted octanol–water partition coefficient (Wildman–Crippen LogP) is 4.51. The first-order chi connectivity index (χ1) is 15.5. The maximum atomic E-state index is 12.6. The molecule has 0 aliphatic heterocycles. The summed E-state index contributed by atoms with van der Waals surface area (Å²) in [5.74, 6) is 0.686. The molecular formula is C24H25N3O4S. The summed E-state index contributed by atoms with van der Waals surface area (Å²) in [6.45, 7) is 4.29. The molecule has 0 bridgehead atoms. The molecule has 0 saturated heterocycles. The van der Waals surface area contributed by atoms with Gasteiger partial charge in [-0.2, -0.15) is 0 Å². The summed E-state index contributed by atoms with van der Waals surface area (Å²) in [6.07, 6.45) is 2.54. The number of nitrogens with one attached hydrogen (secondary N) is 3. The van der Waals surface area contributed by atoms with Crippen molar-refractivity contribution in [2.75, 3.05) is 5.32 Å². The van der Waals surface area contributed by atoms with Crippen molar-refractivity contribution in [2.24, 2.45) is 0 Å². The first-order valence-corrected chi connectivity index (χ1v) is 10.7. The molecule has 0 saturated carbocycles. The van der Waals surface area contributed by atoms with E-state index in [2.05, 4.69) is 16.0 Å². The van der Waals surface area contributed by atoms with Crippen LogP contribution in [0.4, 0.5) is 5.69 Å². The molecule has 166 valence electrons. The Morgan fingerprint density at radius 3 is 2.47 bits per heavy atom. The number of carbonyl (C=O) groups excluding carboxylic acids is 2. The number of anilines is 1. The van der Waals surface area contributed by atoms with Gasteiger partial charge in [0.15, 0.2) is 5.11 Å². The summed E-state index contributed by atoms with van der Waals surface area (Å²) in [7, 11) is 0. The van der Waals surface area contributed by atoms with Crippen molar-refractivity contribution in [3.05, 3.63) is 83.8 Å². The summed E-state index contributed by atoms with van der Waals surface area (Å²) in [4.78, 5) is 25.1. The van der Waals surface area contributed by atoms with Gasteiger partial charge in [-0.25, -0.2) is 0 Å². The highest BCUT2D eigenvalue weighted by molar-refractivity contribution is 7.80. The fourth-order valence-electron chi connectivity index (χ4n) is 2.80. The van der Waals surface area contributed by atoms with Crippen molar-refractivity contribution in [1.82, 2.24) is 10.6 Å². The maximum absolute atomic E-state index is 12.6. The van der Waals surface area contributed by atoms with Gasteiger partial charge in [-0.3, -0.25) is 14.9 Å². The molecule has 7 nitrogen and oxygen atoms in total. The van der Waals surface area contributed by atoms with Gasteiger partial charge in [-0.1, -0.05) is 19.1 Å². The number of benzene rings is 2. The topological polar surface area (TPSA) is 92.6 Å². The van der Waals surface area contributed by atoms with Crippen molar-refractivity contribution in [3.63, 3.8) is 0 Å². The fourth-order valence-corrected chi connectivity index (χ4v) is 3.00. The van der Waals surface area contributed by atoms with Crippen LogP contribution in [-0.2, 0) is 6.54 Å². The molecule has 0 aliphatic rings. The number of hydrogen-bond acceptors (Lipinski definition) is 5. The minimum atomic E-state index is -0.364. The van der Waals surface area contributed by atoms with Crippen LogP contribution < -0.4 is 20.7 Å². The summed E-state index contributed by atoms with van der Waals surface area (Å²) >= 11 is 5.27. The first kappa shape index (κ1) is 23.0. The quantitative estimate of drug-likeness (QED) is 0.436. The van der Waals surface area contributed by atoms with E-state index in [1.165, 1.54) is 0 Å². The maximum Gasteiger partial charge on any atom is 0.257 e. The summed E-state index contributed by atoms with van der Waals surface area (Å²) in [5.41, 5.74) is 1.31. The monoisotopic (exact) mass is 451 g/mol. The molecule has 0 aliphatic carbocycles. The zero-order valence-corrected chi connectivity index (χ0v) is 18.7. The molecule has 2 aromatic carbocycles. The van der Waals surface area contributed by atoms with Gasteiger partial charge in [-0.15, -0.1) is 0 Å². The fraction of sp³-hybridized carbons (Fsp3) is 0.208. The third kappa shape index (κ3) is 6.42. The number of thiocarbonyl (C=S) groups is 1. The SMILES string of the molecule is CCC(C)Oc1ccc(C(=O)NC(=S)Nc2ccccc2C(=O)NCc2ccco2)cc1. The Kier molecular flexibility index (Phi) is 7.99. The van der Waals surface area contributed by atoms with Crippen molar-refractivity contribution in [1.29, 1.82) is 0 Å². The summed E-state index contributed by atoms with van der Waals surface area (Å²) < 4.78 is 10.9.